The van der Waals surface area contributed by atoms with Crippen molar-refractivity contribution in [2.75, 3.05) is 40.0 Å². The molecule has 2 amide bonds. The molecule has 1 heterocycles. The molecule has 8 nitrogen and oxygen atoms in total. The van der Waals surface area contributed by atoms with Gasteiger partial charge in [-0.1, -0.05) is 55.8 Å². The number of hydrogen-bond donors (Lipinski definition) is 2. The molecule has 2 N–H and O–H groups in total. The molecule has 0 spiro atoms. The zero-order valence-electron chi connectivity index (χ0n) is 25.1. The van der Waals surface area contributed by atoms with Crippen molar-refractivity contribution in [3.8, 4) is 0 Å². The zero-order valence-corrected chi connectivity index (χ0v) is 25.1. The largest absolute Gasteiger partial charge is 0.388 e. The number of benzene rings is 2. The summed E-state index contributed by atoms with van der Waals surface area (Å²) >= 11 is 0. The van der Waals surface area contributed by atoms with Gasteiger partial charge >= 0.3 is 0 Å². The number of amides is 2. The molecule has 0 saturated carbocycles. The Labute approximate surface area is 248 Å². The smallest absolute Gasteiger partial charge is 0.256 e. The summed E-state index contributed by atoms with van der Waals surface area (Å²) in [6.07, 6.45) is 1.64. The fourth-order valence-corrected chi connectivity index (χ4v) is 5.23. The van der Waals surface area contributed by atoms with Crippen LogP contribution in [0.4, 0.5) is 4.39 Å². The fraction of sp³-hybridized carbons (Fsp3) is 0.515. The molecule has 1 saturated heterocycles. The van der Waals surface area contributed by atoms with E-state index in [-0.39, 0.29) is 37.1 Å². The lowest BCUT2D eigenvalue weighted by Crippen LogP contribution is -2.53. The number of aliphatic hydroxyl groups is 2. The fourth-order valence-electron chi connectivity index (χ4n) is 5.23. The maximum absolute atomic E-state index is 14.8. The topological polar surface area (TPSA) is 99.5 Å². The molecule has 0 bridgehead atoms. The van der Waals surface area contributed by atoms with Crippen molar-refractivity contribution in [2.24, 2.45) is 5.92 Å². The van der Waals surface area contributed by atoms with Crippen molar-refractivity contribution < 1.29 is 33.7 Å². The maximum atomic E-state index is 14.8. The lowest BCUT2D eigenvalue weighted by atomic mass is 9.99. The number of carbonyl (C=O) groups excluding carboxylic acids is 2. The summed E-state index contributed by atoms with van der Waals surface area (Å²) in [5.74, 6) is -1.26. The van der Waals surface area contributed by atoms with E-state index in [1.165, 1.54) is 30.2 Å². The summed E-state index contributed by atoms with van der Waals surface area (Å²) < 4.78 is 25.9. The first-order valence-electron chi connectivity index (χ1n) is 14.7. The number of aliphatic hydroxyl groups excluding tert-OH is 2. The molecule has 2 aromatic carbocycles. The van der Waals surface area contributed by atoms with Gasteiger partial charge in [0.2, 0.25) is 5.91 Å². The summed E-state index contributed by atoms with van der Waals surface area (Å²) in [5, 5.41) is 21.4. The highest BCUT2D eigenvalue weighted by atomic mass is 19.1. The Morgan fingerprint density at radius 2 is 1.88 bits per heavy atom. The van der Waals surface area contributed by atoms with Crippen LogP contribution in [0.15, 0.2) is 54.6 Å². The van der Waals surface area contributed by atoms with Crippen LogP contribution in [0.2, 0.25) is 0 Å². The molecule has 9 heteroatoms. The average Bonchev–Trinajstić information content (AvgIpc) is 2.96. The third-order valence-corrected chi connectivity index (χ3v) is 7.45. The summed E-state index contributed by atoms with van der Waals surface area (Å²) in [5.41, 5.74) is 1.88. The summed E-state index contributed by atoms with van der Waals surface area (Å²) in [7, 11) is 1.38. The van der Waals surface area contributed by atoms with Crippen molar-refractivity contribution in [1.82, 2.24) is 9.80 Å². The molecule has 0 radical (unpaired) electrons. The number of aryl methyl sites for hydroxylation is 1. The van der Waals surface area contributed by atoms with Gasteiger partial charge in [0.05, 0.1) is 12.2 Å². The molecule has 0 unspecified atom stereocenters. The van der Waals surface area contributed by atoms with Gasteiger partial charge < -0.3 is 29.5 Å². The summed E-state index contributed by atoms with van der Waals surface area (Å²) in [6, 6.07) is 13.2. The van der Waals surface area contributed by atoms with Crippen molar-refractivity contribution in [1.29, 1.82) is 0 Å². The number of ether oxygens (including phenoxy) is 2. The van der Waals surface area contributed by atoms with Crippen molar-refractivity contribution in [3.05, 3.63) is 77.1 Å². The number of hydrogen-bond acceptors (Lipinski definition) is 6. The van der Waals surface area contributed by atoms with Gasteiger partial charge in [0.1, 0.15) is 24.1 Å². The van der Waals surface area contributed by atoms with Crippen LogP contribution in [0.5, 0.6) is 0 Å². The Hall–Kier alpha value is -3.11. The van der Waals surface area contributed by atoms with E-state index in [1.54, 1.807) is 23.1 Å². The number of nitrogens with zero attached hydrogens (tertiary/aromatic N) is 2. The molecule has 42 heavy (non-hydrogen) atoms. The second kappa shape index (κ2) is 16.5. The molecule has 230 valence electrons. The SMILES string of the molecule is CO[C@@H]1CN(C(=O)c2ccccc2F)C[C@@H](CC(C)C)N(C(=O)/C=C/c2cccc(C)c2)CCCCOC[C@@H](O)[C@H]1O. The molecular weight excluding hydrogens is 539 g/mol. The first kappa shape index (κ1) is 33.4. The molecule has 1 aliphatic rings. The van der Waals surface area contributed by atoms with Gasteiger partial charge in [-0.25, -0.2) is 4.39 Å². The third kappa shape index (κ3) is 9.73. The highest BCUT2D eigenvalue weighted by Crippen LogP contribution is 2.21. The molecule has 1 fully saturated rings. The number of halogens is 1. The first-order chi connectivity index (χ1) is 20.1. The van der Waals surface area contributed by atoms with Gasteiger partial charge in [0.25, 0.3) is 5.91 Å². The molecule has 2 aromatic rings. The molecule has 0 aliphatic carbocycles. The van der Waals surface area contributed by atoms with Gasteiger partial charge in [-0.15, -0.1) is 0 Å². The van der Waals surface area contributed by atoms with Crippen molar-refractivity contribution >= 4 is 17.9 Å². The van der Waals surface area contributed by atoms with Crippen LogP contribution in [0, 0.1) is 18.7 Å². The Balaban J connectivity index is 2.02. The van der Waals surface area contributed by atoms with E-state index in [9.17, 15) is 24.2 Å². The molecule has 3 rings (SSSR count). The number of carbonyl (C=O) groups is 2. The Morgan fingerprint density at radius 1 is 1.12 bits per heavy atom. The van der Waals surface area contributed by atoms with Crippen LogP contribution in [0.1, 0.15) is 54.6 Å². The van der Waals surface area contributed by atoms with Gasteiger partial charge in [0.15, 0.2) is 0 Å². The third-order valence-electron chi connectivity index (χ3n) is 7.45. The average molecular weight is 585 g/mol. The van der Waals surface area contributed by atoms with Crippen LogP contribution in [0.3, 0.4) is 0 Å². The van der Waals surface area contributed by atoms with E-state index in [4.69, 9.17) is 9.47 Å². The molecule has 0 aromatic heterocycles. The van der Waals surface area contributed by atoms with Gasteiger partial charge in [-0.2, -0.15) is 0 Å². The van der Waals surface area contributed by atoms with Crippen molar-refractivity contribution in [2.45, 2.75) is 64.4 Å². The quantitative estimate of drug-likeness (QED) is 0.497. The van der Waals surface area contributed by atoms with Crippen molar-refractivity contribution in [3.63, 3.8) is 0 Å². The molecule has 1 aliphatic heterocycles. The van der Waals surface area contributed by atoms with E-state index < -0.39 is 36.1 Å². The number of rotatable bonds is 6. The van der Waals surface area contributed by atoms with Crippen LogP contribution >= 0.6 is 0 Å². The Kier molecular flexibility index (Phi) is 13.1. The lowest BCUT2D eigenvalue weighted by molar-refractivity contribution is -0.130. The normalized spacial score (nSPS) is 23.2. The highest BCUT2D eigenvalue weighted by molar-refractivity contribution is 5.95. The standard InChI is InChI=1S/C33H45FN2O6/c1-23(2)18-26-20-35(33(40)27-12-5-6-13-28(27)34)21-30(41-4)32(39)29(37)22-42-17-8-7-16-36(26)31(38)15-14-25-11-9-10-24(3)19-25/h5-6,9-15,19,23,26,29-30,32,37,39H,7-8,16-18,20-22H2,1-4H3/b15-14+/t26-,29-,30-,32-/m1/s1. The second-order valence-corrected chi connectivity index (χ2v) is 11.4. The molecular formula is C33H45FN2O6. The van der Waals surface area contributed by atoms with E-state index >= 15 is 0 Å². The van der Waals surface area contributed by atoms with E-state index in [2.05, 4.69) is 0 Å². The minimum absolute atomic E-state index is 0.0918. The van der Waals surface area contributed by atoms with E-state index in [0.717, 1.165) is 11.1 Å². The van der Waals surface area contributed by atoms with Gasteiger partial charge in [-0.3, -0.25) is 9.59 Å². The highest BCUT2D eigenvalue weighted by Gasteiger charge is 2.34. The van der Waals surface area contributed by atoms with Gasteiger partial charge in [-0.05, 0) is 55.9 Å². The minimum atomic E-state index is -1.35. The Bertz CT molecular complexity index is 1190. The predicted octanol–water partition coefficient (Wildman–Crippen LogP) is 4.08. The van der Waals surface area contributed by atoms with E-state index in [0.29, 0.717) is 32.4 Å². The summed E-state index contributed by atoms with van der Waals surface area (Å²) in [4.78, 5) is 30.8. The van der Waals surface area contributed by atoms with E-state index in [1.807, 2.05) is 45.0 Å². The van der Waals surface area contributed by atoms with Crippen LogP contribution in [-0.2, 0) is 14.3 Å². The second-order valence-electron chi connectivity index (χ2n) is 11.4. The predicted molar refractivity (Wildman–Crippen MR) is 160 cm³/mol. The van der Waals surface area contributed by atoms with Crippen LogP contribution in [0.25, 0.3) is 6.08 Å². The summed E-state index contributed by atoms with van der Waals surface area (Å²) in [6.45, 7) is 6.72. The first-order valence-corrected chi connectivity index (χ1v) is 14.7. The maximum Gasteiger partial charge on any atom is 0.256 e. The molecule has 4 atom stereocenters. The van der Waals surface area contributed by atoms with Gasteiger partial charge in [0, 0.05) is 45.5 Å². The van der Waals surface area contributed by atoms with Crippen LogP contribution in [-0.4, -0.2) is 96.1 Å². The zero-order chi connectivity index (χ0) is 30.6. The monoisotopic (exact) mass is 584 g/mol. The minimum Gasteiger partial charge on any atom is -0.388 e. The Morgan fingerprint density at radius 3 is 2.57 bits per heavy atom. The number of methoxy groups -OCH3 is 1. The lowest BCUT2D eigenvalue weighted by Gasteiger charge is -2.38. The van der Waals surface area contributed by atoms with Crippen LogP contribution < -0.4 is 0 Å².